The van der Waals surface area contributed by atoms with Crippen LogP contribution in [0.5, 0.6) is 5.75 Å². The molecule has 2 heterocycles. The molecule has 198 valence electrons. The summed E-state index contributed by atoms with van der Waals surface area (Å²) in [5.74, 6) is -3.26. The number of ether oxygens (including phenoxy) is 1. The molecule has 0 aliphatic heterocycles. The summed E-state index contributed by atoms with van der Waals surface area (Å²) >= 11 is 0. The number of carbonyl (C=O) groups excluding carboxylic acids is 1. The van der Waals surface area contributed by atoms with Crippen molar-refractivity contribution in [2.24, 2.45) is 7.05 Å². The van der Waals surface area contributed by atoms with Gasteiger partial charge in [0.1, 0.15) is 5.75 Å². The normalized spacial score (nSPS) is 14.6. The Morgan fingerprint density at radius 2 is 2.08 bits per heavy atom. The molecule has 2 aromatic heterocycles. The number of halogens is 1. The molecule has 0 unspecified atom stereocenters. The zero-order valence-corrected chi connectivity index (χ0v) is 21.2. The zero-order chi connectivity index (χ0) is 35.0. The van der Waals surface area contributed by atoms with Gasteiger partial charge >= 0.3 is 0 Å². The van der Waals surface area contributed by atoms with Crippen LogP contribution < -0.4 is 20.3 Å². The molecule has 1 amide bonds. The Hall–Kier alpha value is -4.44. The van der Waals surface area contributed by atoms with Gasteiger partial charge in [-0.15, -0.1) is 0 Å². The van der Waals surface area contributed by atoms with Crippen molar-refractivity contribution in [3.05, 3.63) is 67.1 Å². The van der Waals surface area contributed by atoms with Crippen molar-refractivity contribution >= 4 is 39.8 Å². The van der Waals surface area contributed by atoms with Crippen LogP contribution in [0.1, 0.15) is 12.3 Å². The van der Waals surface area contributed by atoms with Crippen LogP contribution in [0, 0.1) is 0 Å². The van der Waals surface area contributed by atoms with E-state index in [1.54, 1.807) is 29.8 Å². The standard InChI is InChI=1S/C28H32FN7O2/c1-18(29)27(37)31-22-15-23(26(38-6)16-25(22)35(4)14-13-34(2)3)33-28-30-12-11-21(32-28)20-17-36(5)24-10-8-7-9-19(20)24/h7-12,15-17H,1,13-14H2,2-6H3,(H,31,37)(H,30,32,33)/i1D2,6D3,7D,8D,9D,10D. The van der Waals surface area contributed by atoms with Gasteiger partial charge in [0.05, 0.1) is 42.1 Å². The van der Waals surface area contributed by atoms with E-state index in [1.165, 1.54) is 24.4 Å². The number of carbonyl (C=O) groups is 1. The Morgan fingerprint density at radius 1 is 1.26 bits per heavy atom. The lowest BCUT2D eigenvalue weighted by Crippen LogP contribution is -2.29. The fourth-order valence-electron chi connectivity index (χ4n) is 3.79. The van der Waals surface area contributed by atoms with Crippen LogP contribution in [0.2, 0.25) is 0 Å². The van der Waals surface area contributed by atoms with E-state index in [0.717, 1.165) is 0 Å². The van der Waals surface area contributed by atoms with Gasteiger partial charge in [-0.25, -0.2) is 14.4 Å². The molecular formula is C28H32FN7O2. The molecule has 4 aromatic rings. The first-order chi connectivity index (χ1) is 21.9. The van der Waals surface area contributed by atoms with Crippen molar-refractivity contribution in [2.45, 2.75) is 0 Å². The summed E-state index contributed by atoms with van der Waals surface area (Å²) in [6.07, 6.45) is 2.99. The van der Waals surface area contributed by atoms with E-state index in [-0.39, 0.29) is 63.5 Å². The van der Waals surface area contributed by atoms with Crippen molar-refractivity contribution in [2.75, 3.05) is 56.8 Å². The maximum absolute atomic E-state index is 14.2. The SMILES string of the molecule is [2H]C([2H])=C(F)C(=O)Nc1cc(Nc2nccc(-c3cn(C)c4c([2H])c([2H])c([2H])c([2H])c34)n2)c(OC([2H])([2H])[2H])cc1N(C)CCN(C)C. The molecule has 2 aromatic carbocycles. The van der Waals surface area contributed by atoms with Gasteiger partial charge < -0.3 is 29.7 Å². The molecule has 0 spiro atoms. The second-order valence-electron chi connectivity index (χ2n) is 8.73. The average Bonchev–Trinajstić information content (AvgIpc) is 3.34. The number of para-hydroxylation sites is 1. The molecule has 38 heavy (non-hydrogen) atoms. The molecule has 0 bridgehead atoms. The van der Waals surface area contributed by atoms with Crippen LogP contribution in [0.15, 0.2) is 67.1 Å². The number of anilines is 4. The Bertz CT molecular complexity index is 1880. The highest BCUT2D eigenvalue weighted by molar-refractivity contribution is 6.04. The van der Waals surface area contributed by atoms with Gasteiger partial charge in [0.2, 0.25) is 5.95 Å². The van der Waals surface area contributed by atoms with Gasteiger partial charge in [-0.05, 0) is 32.3 Å². The Kier molecular flexibility index (Phi) is 5.10. The van der Waals surface area contributed by atoms with Gasteiger partial charge in [-0.2, -0.15) is 0 Å². The van der Waals surface area contributed by atoms with Gasteiger partial charge in [-0.1, -0.05) is 24.7 Å². The summed E-state index contributed by atoms with van der Waals surface area (Å²) < 4.78 is 91.7. The van der Waals surface area contributed by atoms with Crippen molar-refractivity contribution in [3.8, 4) is 17.0 Å². The van der Waals surface area contributed by atoms with E-state index in [4.69, 9.17) is 17.1 Å². The maximum Gasteiger partial charge on any atom is 0.283 e. The number of rotatable bonds is 10. The van der Waals surface area contributed by atoms with Crippen molar-refractivity contribution in [3.63, 3.8) is 0 Å². The number of nitrogens with one attached hydrogen (secondary N) is 2. The van der Waals surface area contributed by atoms with Crippen molar-refractivity contribution in [1.82, 2.24) is 19.4 Å². The zero-order valence-electron chi connectivity index (χ0n) is 30.2. The smallest absolute Gasteiger partial charge is 0.283 e. The van der Waals surface area contributed by atoms with E-state index in [9.17, 15) is 9.18 Å². The largest absolute Gasteiger partial charge is 0.494 e. The lowest BCUT2D eigenvalue weighted by Gasteiger charge is -2.26. The van der Waals surface area contributed by atoms with E-state index in [1.807, 2.05) is 19.0 Å². The predicted octanol–water partition coefficient (Wildman–Crippen LogP) is 4.81. The number of fused-ring (bicyclic) bond motifs is 1. The third-order valence-corrected chi connectivity index (χ3v) is 5.74. The minimum absolute atomic E-state index is 0.00532. The Morgan fingerprint density at radius 3 is 2.84 bits per heavy atom. The summed E-state index contributed by atoms with van der Waals surface area (Å²) in [5, 5.41) is 5.45. The summed E-state index contributed by atoms with van der Waals surface area (Å²) in [4.78, 5) is 24.8. The van der Waals surface area contributed by atoms with Gasteiger partial charge in [-0.3, -0.25) is 4.79 Å². The van der Waals surface area contributed by atoms with Crippen LogP contribution in [-0.4, -0.2) is 66.6 Å². The third-order valence-electron chi connectivity index (χ3n) is 5.74. The number of likely N-dealkylation sites (N-methyl/N-ethyl adjacent to an activating group) is 2. The molecule has 2 N–H and O–H groups in total. The first kappa shape index (κ1) is 17.1. The molecule has 0 aliphatic carbocycles. The number of hydrogen-bond acceptors (Lipinski definition) is 7. The van der Waals surface area contributed by atoms with Crippen molar-refractivity contribution < 1.29 is 26.3 Å². The maximum atomic E-state index is 14.2. The molecule has 0 aliphatic rings. The van der Waals surface area contributed by atoms with Crippen LogP contribution >= 0.6 is 0 Å². The van der Waals surface area contributed by atoms with E-state index in [2.05, 4.69) is 20.6 Å². The van der Waals surface area contributed by atoms with Gasteiger partial charge in [0.15, 0.2) is 5.83 Å². The number of amides is 1. The summed E-state index contributed by atoms with van der Waals surface area (Å²) in [5.41, 5.74) is 1.12. The molecule has 4 rings (SSSR count). The number of methoxy groups -OCH3 is 1. The summed E-state index contributed by atoms with van der Waals surface area (Å²) in [6.45, 7) is -0.376. The quantitative estimate of drug-likeness (QED) is 0.287. The Labute approximate surface area is 234 Å². The number of benzene rings is 2. The van der Waals surface area contributed by atoms with E-state index < -0.39 is 31.3 Å². The minimum Gasteiger partial charge on any atom is -0.494 e. The van der Waals surface area contributed by atoms with E-state index in [0.29, 0.717) is 18.7 Å². The third kappa shape index (κ3) is 5.76. The van der Waals surface area contributed by atoms with Crippen molar-refractivity contribution in [1.29, 1.82) is 0 Å². The van der Waals surface area contributed by atoms with Crippen LogP contribution in [0.4, 0.5) is 27.4 Å². The van der Waals surface area contributed by atoms with Crippen LogP contribution in [0.3, 0.4) is 0 Å². The number of hydrogen-bond donors (Lipinski definition) is 2. The molecule has 10 heteroatoms. The number of nitrogens with zero attached hydrogens (tertiary/aromatic N) is 5. The van der Waals surface area contributed by atoms with Gasteiger partial charge in [0, 0.05) is 62.1 Å². The molecule has 0 saturated carbocycles. The number of aromatic nitrogens is 3. The molecule has 0 fully saturated rings. The molecule has 0 saturated heterocycles. The van der Waals surface area contributed by atoms with Crippen LogP contribution in [0.25, 0.3) is 22.2 Å². The summed E-state index contributed by atoms with van der Waals surface area (Å²) in [7, 11) is 4.09. The number of aryl methyl sites for hydroxylation is 1. The fourth-order valence-corrected chi connectivity index (χ4v) is 3.79. The highest BCUT2D eigenvalue weighted by Crippen LogP contribution is 2.38. The first-order valence-corrected chi connectivity index (χ1v) is 11.4. The van der Waals surface area contributed by atoms with Crippen LogP contribution in [-0.2, 0) is 11.8 Å². The fraction of sp³-hybridized carbons (Fsp3) is 0.250. The molecule has 0 radical (unpaired) electrons. The van der Waals surface area contributed by atoms with E-state index >= 15 is 0 Å². The Balaban J connectivity index is 1.85. The molecular weight excluding hydrogens is 485 g/mol. The van der Waals surface area contributed by atoms with Gasteiger partial charge in [0.25, 0.3) is 5.91 Å². The second-order valence-corrected chi connectivity index (χ2v) is 8.73. The lowest BCUT2D eigenvalue weighted by molar-refractivity contribution is -0.114. The summed E-state index contributed by atoms with van der Waals surface area (Å²) in [6, 6.07) is 2.89. The first-order valence-electron chi connectivity index (χ1n) is 15.9. The topological polar surface area (TPSA) is 87.5 Å². The monoisotopic (exact) mass is 526 g/mol. The highest BCUT2D eigenvalue weighted by atomic mass is 19.1. The minimum atomic E-state index is -2.91. The second kappa shape index (κ2) is 11.3. The average molecular weight is 527 g/mol. The molecule has 9 nitrogen and oxygen atoms in total. The highest BCUT2D eigenvalue weighted by Gasteiger charge is 2.18. The predicted molar refractivity (Wildman–Crippen MR) is 151 cm³/mol. The molecule has 0 atom stereocenters. The lowest BCUT2D eigenvalue weighted by atomic mass is 10.1.